The quantitative estimate of drug-likeness (QED) is 0.901. The van der Waals surface area contributed by atoms with E-state index in [1.54, 1.807) is 4.90 Å². The molecule has 0 bridgehead atoms. The Hall–Kier alpha value is -2.49. The zero-order valence-electron chi connectivity index (χ0n) is 13.5. The van der Waals surface area contributed by atoms with Gasteiger partial charge in [-0.1, -0.05) is 5.21 Å². The average molecular weight is 354 g/mol. The van der Waals surface area contributed by atoms with Gasteiger partial charge in [0, 0.05) is 25.3 Å². The predicted molar refractivity (Wildman–Crippen MR) is 82.1 cm³/mol. The number of amides is 1. The standard InChI is InChI=1S/C15H17F3N6O/c1-19-8-11-3-2-6-23(11)14(25)12-9-24(22-21-12)13-5-4-10(7-20-13)15(16,17)18/h4-5,7,9,11,19H,2-3,6,8H2,1H3. The van der Waals surface area contributed by atoms with Crippen molar-refractivity contribution >= 4 is 5.91 Å². The lowest BCUT2D eigenvalue weighted by Gasteiger charge is -2.23. The molecule has 3 rings (SSSR count). The van der Waals surface area contributed by atoms with Crippen LogP contribution in [0.2, 0.25) is 0 Å². The van der Waals surface area contributed by atoms with Crippen LogP contribution in [0.4, 0.5) is 13.2 Å². The number of aromatic nitrogens is 4. The van der Waals surface area contributed by atoms with Crippen LogP contribution in [0.15, 0.2) is 24.5 Å². The number of alkyl halides is 3. The van der Waals surface area contributed by atoms with Gasteiger partial charge in [0.2, 0.25) is 0 Å². The minimum Gasteiger partial charge on any atom is -0.333 e. The molecule has 1 N–H and O–H groups in total. The number of nitrogens with one attached hydrogen (secondary N) is 1. The van der Waals surface area contributed by atoms with Crippen molar-refractivity contribution in [1.29, 1.82) is 0 Å². The van der Waals surface area contributed by atoms with Crippen LogP contribution >= 0.6 is 0 Å². The van der Waals surface area contributed by atoms with Crippen molar-refractivity contribution in [2.45, 2.75) is 25.1 Å². The van der Waals surface area contributed by atoms with Crippen molar-refractivity contribution in [2.75, 3.05) is 20.1 Å². The summed E-state index contributed by atoms with van der Waals surface area (Å²) in [7, 11) is 1.83. The summed E-state index contributed by atoms with van der Waals surface area (Å²) in [5.74, 6) is -0.0799. The number of carbonyl (C=O) groups is 1. The van der Waals surface area contributed by atoms with E-state index >= 15 is 0 Å². The molecule has 1 saturated heterocycles. The molecule has 10 heteroatoms. The Labute approximate surface area is 141 Å². The third kappa shape index (κ3) is 3.63. The molecule has 2 aromatic rings. The summed E-state index contributed by atoms with van der Waals surface area (Å²) in [4.78, 5) is 18.1. The monoisotopic (exact) mass is 354 g/mol. The first-order valence-electron chi connectivity index (χ1n) is 7.81. The molecule has 7 nitrogen and oxygen atoms in total. The summed E-state index contributed by atoms with van der Waals surface area (Å²) >= 11 is 0. The van der Waals surface area contributed by atoms with Crippen molar-refractivity contribution in [2.24, 2.45) is 0 Å². The number of carbonyl (C=O) groups excluding carboxylic acids is 1. The number of nitrogens with zero attached hydrogens (tertiary/aromatic N) is 5. The molecule has 1 aliphatic heterocycles. The Morgan fingerprint density at radius 2 is 2.20 bits per heavy atom. The van der Waals surface area contributed by atoms with Crippen LogP contribution < -0.4 is 5.32 Å². The first-order chi connectivity index (χ1) is 11.9. The summed E-state index contributed by atoms with van der Waals surface area (Å²) in [6, 6.07) is 2.20. The molecule has 0 spiro atoms. The number of likely N-dealkylation sites (tertiary alicyclic amines) is 1. The maximum atomic E-state index is 12.6. The highest BCUT2D eigenvalue weighted by atomic mass is 19.4. The van der Waals surface area contributed by atoms with E-state index in [2.05, 4.69) is 20.6 Å². The van der Waals surface area contributed by atoms with Crippen LogP contribution in [0.3, 0.4) is 0 Å². The van der Waals surface area contributed by atoms with Gasteiger partial charge in [0.25, 0.3) is 5.91 Å². The van der Waals surface area contributed by atoms with Gasteiger partial charge in [-0.2, -0.15) is 13.2 Å². The zero-order chi connectivity index (χ0) is 18.0. The third-order valence-corrected chi connectivity index (χ3v) is 4.10. The van der Waals surface area contributed by atoms with E-state index in [0.29, 0.717) is 13.1 Å². The topological polar surface area (TPSA) is 75.9 Å². The predicted octanol–water partition coefficient (Wildman–Crippen LogP) is 1.51. The largest absolute Gasteiger partial charge is 0.417 e. The second kappa shape index (κ2) is 6.79. The number of rotatable bonds is 4. The Kier molecular flexibility index (Phi) is 4.71. The van der Waals surface area contributed by atoms with Gasteiger partial charge in [-0.25, -0.2) is 9.67 Å². The van der Waals surface area contributed by atoms with E-state index in [4.69, 9.17) is 0 Å². The van der Waals surface area contributed by atoms with Gasteiger partial charge >= 0.3 is 6.18 Å². The van der Waals surface area contributed by atoms with E-state index < -0.39 is 11.7 Å². The van der Waals surface area contributed by atoms with E-state index in [1.807, 2.05) is 7.05 Å². The fourth-order valence-electron chi connectivity index (χ4n) is 2.86. The van der Waals surface area contributed by atoms with Crippen LogP contribution in [0, 0.1) is 0 Å². The van der Waals surface area contributed by atoms with Crippen LogP contribution in [0.1, 0.15) is 28.9 Å². The molecular weight excluding hydrogens is 337 g/mol. The second-order valence-electron chi connectivity index (χ2n) is 5.80. The lowest BCUT2D eigenvalue weighted by Crippen LogP contribution is -2.41. The van der Waals surface area contributed by atoms with Crippen molar-refractivity contribution < 1.29 is 18.0 Å². The van der Waals surface area contributed by atoms with Crippen molar-refractivity contribution in [3.63, 3.8) is 0 Å². The molecule has 0 saturated carbocycles. The molecule has 1 fully saturated rings. The number of pyridine rings is 1. The summed E-state index contributed by atoms with van der Waals surface area (Å²) in [6.07, 6.45) is -0.504. The molecule has 1 aliphatic rings. The molecule has 0 aromatic carbocycles. The number of hydrogen-bond donors (Lipinski definition) is 1. The summed E-state index contributed by atoms with van der Waals surface area (Å²) in [5, 5.41) is 10.7. The third-order valence-electron chi connectivity index (χ3n) is 4.10. The summed E-state index contributed by atoms with van der Waals surface area (Å²) in [6.45, 7) is 1.34. The highest BCUT2D eigenvalue weighted by molar-refractivity contribution is 5.92. The van der Waals surface area contributed by atoms with Gasteiger partial charge in [0.15, 0.2) is 11.5 Å². The molecule has 2 aromatic heterocycles. The van der Waals surface area contributed by atoms with E-state index in [1.165, 1.54) is 16.9 Å². The van der Waals surface area contributed by atoms with Crippen LogP contribution in [-0.2, 0) is 6.18 Å². The Morgan fingerprint density at radius 1 is 1.40 bits per heavy atom. The molecule has 134 valence electrons. The lowest BCUT2D eigenvalue weighted by atomic mass is 10.2. The van der Waals surface area contributed by atoms with Gasteiger partial charge < -0.3 is 10.2 Å². The molecular formula is C15H17F3N6O. The maximum Gasteiger partial charge on any atom is 0.417 e. The Bertz CT molecular complexity index is 742. The molecule has 1 atom stereocenters. The van der Waals surface area contributed by atoms with E-state index in [0.717, 1.165) is 25.1 Å². The van der Waals surface area contributed by atoms with Crippen molar-refractivity contribution in [1.82, 2.24) is 30.2 Å². The van der Waals surface area contributed by atoms with Gasteiger partial charge in [-0.3, -0.25) is 4.79 Å². The van der Waals surface area contributed by atoms with Crippen molar-refractivity contribution in [3.05, 3.63) is 35.8 Å². The Morgan fingerprint density at radius 3 is 2.84 bits per heavy atom. The highest BCUT2D eigenvalue weighted by Gasteiger charge is 2.32. The molecule has 1 amide bonds. The number of halogens is 3. The molecule has 0 radical (unpaired) electrons. The lowest BCUT2D eigenvalue weighted by molar-refractivity contribution is -0.137. The smallest absolute Gasteiger partial charge is 0.333 e. The molecule has 1 unspecified atom stereocenters. The number of hydrogen-bond acceptors (Lipinski definition) is 5. The maximum absolute atomic E-state index is 12.6. The van der Waals surface area contributed by atoms with Crippen LogP contribution in [-0.4, -0.2) is 57.0 Å². The molecule has 3 heterocycles. The summed E-state index contributed by atoms with van der Waals surface area (Å²) in [5.41, 5.74) is -0.704. The fraction of sp³-hybridized carbons (Fsp3) is 0.467. The van der Waals surface area contributed by atoms with Crippen LogP contribution in [0.5, 0.6) is 0 Å². The normalized spacial score (nSPS) is 17.9. The fourth-order valence-corrected chi connectivity index (χ4v) is 2.86. The van der Waals surface area contributed by atoms with Gasteiger partial charge in [0.1, 0.15) is 0 Å². The van der Waals surface area contributed by atoms with E-state index in [-0.39, 0.29) is 23.5 Å². The SMILES string of the molecule is CNCC1CCCN1C(=O)c1cn(-c2ccc(C(F)(F)F)cn2)nn1. The number of likely N-dealkylation sites (N-methyl/N-ethyl adjacent to an activating group) is 1. The molecule has 25 heavy (non-hydrogen) atoms. The zero-order valence-corrected chi connectivity index (χ0v) is 13.5. The van der Waals surface area contributed by atoms with Crippen LogP contribution in [0.25, 0.3) is 5.82 Å². The summed E-state index contributed by atoms with van der Waals surface area (Å²) < 4.78 is 38.9. The molecule has 0 aliphatic carbocycles. The minimum absolute atomic E-state index is 0.104. The first-order valence-corrected chi connectivity index (χ1v) is 7.81. The second-order valence-corrected chi connectivity index (χ2v) is 5.80. The van der Waals surface area contributed by atoms with Gasteiger partial charge in [-0.15, -0.1) is 5.10 Å². The Balaban J connectivity index is 1.77. The average Bonchev–Trinajstić information content (AvgIpc) is 3.23. The van der Waals surface area contributed by atoms with E-state index in [9.17, 15) is 18.0 Å². The highest BCUT2D eigenvalue weighted by Crippen LogP contribution is 2.28. The van der Waals surface area contributed by atoms with Gasteiger partial charge in [0.05, 0.1) is 11.8 Å². The van der Waals surface area contributed by atoms with Crippen molar-refractivity contribution in [3.8, 4) is 5.82 Å². The van der Waals surface area contributed by atoms with Gasteiger partial charge in [-0.05, 0) is 32.0 Å². The first kappa shape index (κ1) is 17.3. The minimum atomic E-state index is -4.45.